The zero-order chi connectivity index (χ0) is 11.4. The van der Waals surface area contributed by atoms with Crippen molar-refractivity contribution in [1.82, 2.24) is 5.32 Å². The maximum Gasteiger partial charge on any atom is 0.185 e. The number of aliphatic hydroxyl groups is 1. The topological polar surface area (TPSA) is 102 Å². The van der Waals surface area contributed by atoms with Crippen molar-refractivity contribution in [3.05, 3.63) is 23.8 Å². The molecule has 1 aromatic rings. The number of aliphatic hydroxyl groups excluding tert-OH is 1. The normalized spacial score (nSPS) is 12.1. The fourth-order valence-corrected chi connectivity index (χ4v) is 1.31. The van der Waals surface area contributed by atoms with Gasteiger partial charge in [-0.25, -0.2) is 0 Å². The van der Waals surface area contributed by atoms with E-state index in [9.17, 15) is 10.2 Å². The molecule has 5 nitrogen and oxygen atoms in total. The van der Waals surface area contributed by atoms with E-state index in [4.69, 9.17) is 11.1 Å². The molecular formula is C9H14BN3O2. The molecular weight excluding hydrogens is 193 g/mol. The van der Waals surface area contributed by atoms with Crippen LogP contribution in [0.2, 0.25) is 0 Å². The molecule has 0 unspecified atom stereocenters. The van der Waals surface area contributed by atoms with Crippen LogP contribution in [0.4, 0.5) is 0 Å². The molecule has 6 heteroatoms. The Labute approximate surface area is 88.8 Å². The summed E-state index contributed by atoms with van der Waals surface area (Å²) in [6.07, 6.45) is -0.792. The van der Waals surface area contributed by atoms with E-state index in [-0.39, 0.29) is 18.3 Å². The first kappa shape index (κ1) is 11.4. The van der Waals surface area contributed by atoms with Crippen LogP contribution in [0.5, 0.6) is 5.75 Å². The highest BCUT2D eigenvalue weighted by molar-refractivity contribution is 6.32. The zero-order valence-corrected chi connectivity index (χ0v) is 8.49. The molecule has 0 saturated carbocycles. The lowest BCUT2D eigenvalue weighted by Crippen LogP contribution is -2.33. The van der Waals surface area contributed by atoms with E-state index in [0.717, 1.165) is 5.46 Å². The minimum Gasteiger partial charge on any atom is -0.508 e. The van der Waals surface area contributed by atoms with Gasteiger partial charge in [0.1, 0.15) is 13.6 Å². The van der Waals surface area contributed by atoms with Crippen LogP contribution in [0.3, 0.4) is 0 Å². The van der Waals surface area contributed by atoms with Gasteiger partial charge in [0.15, 0.2) is 5.96 Å². The average molecular weight is 207 g/mol. The number of hydrogen-bond acceptors (Lipinski definition) is 3. The molecule has 0 aliphatic heterocycles. The van der Waals surface area contributed by atoms with Crippen molar-refractivity contribution in [2.75, 3.05) is 6.54 Å². The van der Waals surface area contributed by atoms with E-state index in [1.54, 1.807) is 12.1 Å². The number of rotatable bonds is 3. The Morgan fingerprint density at radius 2 is 2.20 bits per heavy atom. The van der Waals surface area contributed by atoms with Crippen LogP contribution < -0.4 is 16.5 Å². The number of guanidine groups is 1. The monoisotopic (exact) mass is 207 g/mol. The van der Waals surface area contributed by atoms with Crippen LogP contribution in [0.1, 0.15) is 11.7 Å². The standard InChI is InChI=1S/C9H14BN3O2/c10-6-1-5(2-7(14)3-6)8(15)4-13-9(11)12/h1-3,8,14-15H,4,10H2,(H4,11,12,13)/t8-/m0/s1. The summed E-state index contributed by atoms with van der Waals surface area (Å²) in [6, 6.07) is 4.86. The van der Waals surface area contributed by atoms with Crippen LogP contribution in [-0.2, 0) is 0 Å². The molecule has 0 amide bonds. The number of phenols is 1. The van der Waals surface area contributed by atoms with Crippen LogP contribution in [-0.4, -0.2) is 30.6 Å². The minimum absolute atomic E-state index is 0.117. The Bertz CT molecular complexity index is 350. The molecule has 1 rings (SSSR count). The van der Waals surface area contributed by atoms with E-state index < -0.39 is 6.10 Å². The van der Waals surface area contributed by atoms with Gasteiger partial charge in [-0.15, -0.1) is 0 Å². The molecule has 6 N–H and O–H groups in total. The molecule has 0 saturated heterocycles. The molecule has 1 atom stereocenters. The smallest absolute Gasteiger partial charge is 0.185 e. The fraction of sp³-hybridized carbons (Fsp3) is 0.222. The number of benzene rings is 1. The summed E-state index contributed by atoms with van der Waals surface area (Å²) in [7, 11) is 1.83. The lowest BCUT2D eigenvalue weighted by atomic mass is 9.92. The predicted molar refractivity (Wildman–Crippen MR) is 61.2 cm³/mol. The second kappa shape index (κ2) is 4.70. The number of nitrogens with two attached hydrogens (primary N) is 1. The van der Waals surface area contributed by atoms with Crippen molar-refractivity contribution in [2.45, 2.75) is 6.10 Å². The lowest BCUT2D eigenvalue weighted by molar-refractivity contribution is 0.180. The molecule has 0 fully saturated rings. The van der Waals surface area contributed by atoms with Crippen molar-refractivity contribution in [3.8, 4) is 5.75 Å². The second-order valence-electron chi connectivity index (χ2n) is 3.41. The molecule has 0 bridgehead atoms. The fourth-order valence-electron chi connectivity index (χ4n) is 1.31. The van der Waals surface area contributed by atoms with Crippen molar-refractivity contribution in [2.24, 2.45) is 5.73 Å². The quantitative estimate of drug-likeness (QED) is 0.228. The highest BCUT2D eigenvalue weighted by Crippen LogP contribution is 2.15. The average Bonchev–Trinajstić information content (AvgIpc) is 2.12. The van der Waals surface area contributed by atoms with E-state index in [1.807, 2.05) is 7.85 Å². The van der Waals surface area contributed by atoms with Crippen LogP contribution in [0.25, 0.3) is 0 Å². The Morgan fingerprint density at radius 3 is 2.73 bits per heavy atom. The third-order valence-electron chi connectivity index (χ3n) is 1.96. The van der Waals surface area contributed by atoms with Crippen LogP contribution in [0.15, 0.2) is 18.2 Å². The first-order chi connectivity index (χ1) is 6.99. The van der Waals surface area contributed by atoms with Gasteiger partial charge < -0.3 is 21.3 Å². The summed E-state index contributed by atoms with van der Waals surface area (Å²) in [5, 5.41) is 28.5. The Hall–Kier alpha value is -1.69. The van der Waals surface area contributed by atoms with Gasteiger partial charge in [0.05, 0.1) is 6.10 Å². The molecule has 15 heavy (non-hydrogen) atoms. The van der Waals surface area contributed by atoms with Gasteiger partial charge >= 0.3 is 0 Å². The van der Waals surface area contributed by atoms with Crippen molar-refractivity contribution in [1.29, 1.82) is 5.41 Å². The highest BCUT2D eigenvalue weighted by atomic mass is 16.3. The molecule has 0 aliphatic rings. The highest BCUT2D eigenvalue weighted by Gasteiger charge is 2.08. The summed E-state index contributed by atoms with van der Waals surface area (Å²) < 4.78 is 0. The van der Waals surface area contributed by atoms with Gasteiger partial charge in [-0.05, 0) is 17.7 Å². The summed E-state index contributed by atoms with van der Waals surface area (Å²) >= 11 is 0. The van der Waals surface area contributed by atoms with Crippen LogP contribution in [0, 0.1) is 5.41 Å². The number of phenolic OH excluding ortho intramolecular Hbond substituents is 1. The molecule has 0 aliphatic carbocycles. The van der Waals surface area contributed by atoms with Gasteiger partial charge in [-0.2, -0.15) is 0 Å². The zero-order valence-electron chi connectivity index (χ0n) is 8.49. The van der Waals surface area contributed by atoms with Gasteiger partial charge in [-0.3, -0.25) is 5.41 Å². The summed E-state index contributed by atoms with van der Waals surface area (Å²) in [5.74, 6) is -0.0715. The third-order valence-corrected chi connectivity index (χ3v) is 1.96. The number of hydrogen-bond donors (Lipinski definition) is 5. The van der Waals surface area contributed by atoms with E-state index in [0.29, 0.717) is 5.56 Å². The van der Waals surface area contributed by atoms with E-state index in [2.05, 4.69) is 5.32 Å². The van der Waals surface area contributed by atoms with Gasteiger partial charge in [0.25, 0.3) is 0 Å². The second-order valence-corrected chi connectivity index (χ2v) is 3.41. The van der Waals surface area contributed by atoms with E-state index >= 15 is 0 Å². The van der Waals surface area contributed by atoms with Crippen molar-refractivity contribution >= 4 is 19.3 Å². The third kappa shape index (κ3) is 3.51. The molecule has 0 aromatic heterocycles. The summed E-state index contributed by atoms with van der Waals surface area (Å²) in [5.41, 5.74) is 6.56. The first-order valence-electron chi connectivity index (χ1n) is 4.55. The first-order valence-corrected chi connectivity index (χ1v) is 4.55. The molecule has 0 spiro atoms. The van der Waals surface area contributed by atoms with Gasteiger partial charge in [0.2, 0.25) is 0 Å². The SMILES string of the molecule is Bc1cc(O)cc([C@@H](O)CNC(=N)N)c1. The lowest BCUT2D eigenvalue weighted by Gasteiger charge is -2.13. The van der Waals surface area contributed by atoms with E-state index in [1.165, 1.54) is 6.07 Å². The van der Waals surface area contributed by atoms with Gasteiger partial charge in [-0.1, -0.05) is 11.5 Å². The number of aromatic hydroxyl groups is 1. The molecule has 80 valence electrons. The Morgan fingerprint density at radius 1 is 1.53 bits per heavy atom. The summed E-state index contributed by atoms with van der Waals surface area (Å²) in [4.78, 5) is 0. The van der Waals surface area contributed by atoms with Crippen molar-refractivity contribution in [3.63, 3.8) is 0 Å². The Balaban J connectivity index is 2.72. The van der Waals surface area contributed by atoms with Crippen LogP contribution >= 0.6 is 0 Å². The number of nitrogens with one attached hydrogen (secondary N) is 2. The molecule has 0 radical (unpaired) electrons. The summed E-state index contributed by atoms with van der Waals surface area (Å²) in [6.45, 7) is 0.151. The Kier molecular flexibility index (Phi) is 3.57. The molecule has 0 heterocycles. The molecule has 1 aromatic carbocycles. The maximum absolute atomic E-state index is 9.69. The minimum atomic E-state index is -0.792. The largest absolute Gasteiger partial charge is 0.508 e. The van der Waals surface area contributed by atoms with Gasteiger partial charge in [0, 0.05) is 6.54 Å². The van der Waals surface area contributed by atoms with Crippen molar-refractivity contribution < 1.29 is 10.2 Å². The maximum atomic E-state index is 9.69. The predicted octanol–water partition coefficient (Wildman–Crippen LogP) is -1.83.